The SMILES string of the molecule is O=C1CCC(N2Cc3cccc(CNCC4CCCNCC4)c3C2=O)C(=O)N1. The van der Waals surface area contributed by atoms with E-state index in [2.05, 4.69) is 16.0 Å². The zero-order chi connectivity index (χ0) is 19.5. The lowest BCUT2D eigenvalue weighted by molar-refractivity contribution is -0.136. The summed E-state index contributed by atoms with van der Waals surface area (Å²) in [4.78, 5) is 38.3. The molecule has 0 aliphatic carbocycles. The molecule has 0 bridgehead atoms. The highest BCUT2D eigenvalue weighted by Crippen LogP contribution is 2.29. The normalized spacial score (nSPS) is 25.4. The molecule has 0 radical (unpaired) electrons. The average molecular weight is 384 g/mol. The van der Waals surface area contributed by atoms with Gasteiger partial charge in [-0.15, -0.1) is 0 Å². The molecule has 2 atom stereocenters. The molecule has 1 aromatic rings. The standard InChI is InChI=1S/C21H28N4O3/c26-18-7-6-17(20(27)24-18)25-13-16-5-1-4-15(19(16)21(25)28)12-23-11-14-3-2-9-22-10-8-14/h1,4-5,14,17,22-23H,2-3,6-13H2,(H,24,26,27). The van der Waals surface area contributed by atoms with E-state index in [4.69, 9.17) is 0 Å². The molecular formula is C21H28N4O3. The van der Waals surface area contributed by atoms with E-state index in [0.29, 0.717) is 25.4 Å². The minimum Gasteiger partial charge on any atom is -0.322 e. The van der Waals surface area contributed by atoms with Gasteiger partial charge in [0.05, 0.1) is 0 Å². The Morgan fingerprint density at radius 3 is 2.86 bits per heavy atom. The first-order valence-electron chi connectivity index (χ1n) is 10.3. The Labute approximate surface area is 165 Å². The van der Waals surface area contributed by atoms with Crippen LogP contribution in [-0.2, 0) is 22.7 Å². The minimum atomic E-state index is -0.558. The van der Waals surface area contributed by atoms with Gasteiger partial charge in [0.25, 0.3) is 5.91 Å². The fourth-order valence-electron chi connectivity index (χ4n) is 4.54. The number of carbonyl (C=O) groups excluding carboxylic acids is 3. The Morgan fingerprint density at radius 2 is 2.00 bits per heavy atom. The number of hydrogen-bond donors (Lipinski definition) is 3. The number of piperidine rings is 1. The van der Waals surface area contributed by atoms with E-state index in [-0.39, 0.29) is 24.1 Å². The van der Waals surface area contributed by atoms with Gasteiger partial charge in [0.2, 0.25) is 11.8 Å². The lowest BCUT2D eigenvalue weighted by Crippen LogP contribution is -2.52. The number of nitrogens with one attached hydrogen (secondary N) is 3. The molecule has 2 saturated heterocycles. The van der Waals surface area contributed by atoms with Gasteiger partial charge in [-0.25, -0.2) is 0 Å². The van der Waals surface area contributed by atoms with Crippen LogP contribution >= 0.6 is 0 Å². The van der Waals surface area contributed by atoms with Gasteiger partial charge >= 0.3 is 0 Å². The van der Waals surface area contributed by atoms with E-state index in [1.165, 1.54) is 19.3 Å². The van der Waals surface area contributed by atoms with Crippen molar-refractivity contribution in [2.45, 2.75) is 51.2 Å². The first-order chi connectivity index (χ1) is 13.6. The van der Waals surface area contributed by atoms with Gasteiger partial charge in [0.1, 0.15) is 6.04 Å². The molecule has 3 N–H and O–H groups in total. The number of fused-ring (bicyclic) bond motifs is 1. The lowest BCUT2D eigenvalue weighted by atomic mass is 10.00. The molecule has 3 aliphatic heterocycles. The largest absolute Gasteiger partial charge is 0.322 e. The number of carbonyl (C=O) groups is 3. The summed E-state index contributed by atoms with van der Waals surface area (Å²) < 4.78 is 0. The molecule has 28 heavy (non-hydrogen) atoms. The first kappa shape index (κ1) is 19.1. The van der Waals surface area contributed by atoms with Gasteiger partial charge in [-0.3, -0.25) is 19.7 Å². The minimum absolute atomic E-state index is 0.0967. The van der Waals surface area contributed by atoms with Gasteiger partial charge in [-0.05, 0) is 62.4 Å². The predicted octanol–water partition coefficient (Wildman–Crippen LogP) is 0.927. The number of hydrogen-bond acceptors (Lipinski definition) is 5. The molecule has 3 amide bonds. The predicted molar refractivity (Wildman–Crippen MR) is 104 cm³/mol. The van der Waals surface area contributed by atoms with Crippen molar-refractivity contribution in [3.8, 4) is 0 Å². The zero-order valence-corrected chi connectivity index (χ0v) is 16.1. The van der Waals surface area contributed by atoms with Crippen LogP contribution in [0.1, 0.15) is 53.6 Å². The molecule has 1 aromatic carbocycles. The van der Waals surface area contributed by atoms with Crippen LogP contribution in [-0.4, -0.2) is 48.3 Å². The Hall–Kier alpha value is -2.25. The third kappa shape index (κ3) is 3.95. The lowest BCUT2D eigenvalue weighted by Gasteiger charge is -2.29. The van der Waals surface area contributed by atoms with E-state index >= 15 is 0 Å². The maximum atomic E-state index is 13.1. The van der Waals surface area contributed by atoms with E-state index in [9.17, 15) is 14.4 Å². The quantitative estimate of drug-likeness (QED) is 0.657. The second-order valence-corrected chi connectivity index (χ2v) is 8.03. The summed E-state index contributed by atoms with van der Waals surface area (Å²) in [5, 5.41) is 9.33. The van der Waals surface area contributed by atoms with Crippen LogP contribution in [0.4, 0.5) is 0 Å². The van der Waals surface area contributed by atoms with E-state index in [1.54, 1.807) is 4.90 Å². The van der Waals surface area contributed by atoms with Crippen molar-refractivity contribution in [1.82, 2.24) is 20.9 Å². The fourth-order valence-corrected chi connectivity index (χ4v) is 4.54. The molecule has 3 aliphatic rings. The molecule has 2 unspecified atom stereocenters. The molecular weight excluding hydrogens is 356 g/mol. The maximum absolute atomic E-state index is 13.1. The van der Waals surface area contributed by atoms with Gasteiger partial charge in [-0.1, -0.05) is 18.2 Å². The van der Waals surface area contributed by atoms with Gasteiger partial charge < -0.3 is 15.5 Å². The van der Waals surface area contributed by atoms with Crippen LogP contribution in [0.2, 0.25) is 0 Å². The highest BCUT2D eigenvalue weighted by Gasteiger charge is 2.39. The molecule has 0 aromatic heterocycles. The summed E-state index contributed by atoms with van der Waals surface area (Å²) in [6.45, 7) is 4.22. The highest BCUT2D eigenvalue weighted by atomic mass is 16.2. The number of rotatable bonds is 5. The van der Waals surface area contributed by atoms with Gasteiger partial charge in [-0.2, -0.15) is 0 Å². The summed E-state index contributed by atoms with van der Waals surface area (Å²) in [7, 11) is 0. The Bertz CT molecular complexity index is 771. The second-order valence-electron chi connectivity index (χ2n) is 8.03. The number of benzene rings is 1. The van der Waals surface area contributed by atoms with Crippen molar-refractivity contribution in [2.75, 3.05) is 19.6 Å². The zero-order valence-electron chi connectivity index (χ0n) is 16.1. The number of imide groups is 1. The van der Waals surface area contributed by atoms with Crippen molar-refractivity contribution in [1.29, 1.82) is 0 Å². The Morgan fingerprint density at radius 1 is 1.11 bits per heavy atom. The summed E-state index contributed by atoms with van der Waals surface area (Å²) in [5.74, 6) is -0.0499. The van der Waals surface area contributed by atoms with Crippen LogP contribution in [0.15, 0.2) is 18.2 Å². The van der Waals surface area contributed by atoms with Crippen molar-refractivity contribution in [3.63, 3.8) is 0 Å². The summed E-state index contributed by atoms with van der Waals surface area (Å²) in [6, 6.07) is 5.37. The molecule has 7 nitrogen and oxygen atoms in total. The fraction of sp³-hybridized carbons (Fsp3) is 0.571. The van der Waals surface area contributed by atoms with Crippen LogP contribution in [0.3, 0.4) is 0 Å². The molecule has 4 rings (SSSR count). The monoisotopic (exact) mass is 384 g/mol. The van der Waals surface area contributed by atoms with E-state index < -0.39 is 6.04 Å². The van der Waals surface area contributed by atoms with Gasteiger partial charge in [0, 0.05) is 25.1 Å². The topological polar surface area (TPSA) is 90.5 Å². The molecule has 0 saturated carbocycles. The number of nitrogens with zero attached hydrogens (tertiary/aromatic N) is 1. The van der Waals surface area contributed by atoms with E-state index in [0.717, 1.165) is 36.3 Å². The third-order valence-corrected chi connectivity index (χ3v) is 6.08. The van der Waals surface area contributed by atoms with Crippen LogP contribution < -0.4 is 16.0 Å². The van der Waals surface area contributed by atoms with Crippen molar-refractivity contribution in [3.05, 3.63) is 34.9 Å². The van der Waals surface area contributed by atoms with Crippen molar-refractivity contribution >= 4 is 17.7 Å². The van der Waals surface area contributed by atoms with Crippen LogP contribution in [0.25, 0.3) is 0 Å². The third-order valence-electron chi connectivity index (χ3n) is 6.08. The van der Waals surface area contributed by atoms with Crippen LogP contribution in [0, 0.1) is 5.92 Å². The molecule has 2 fully saturated rings. The summed E-state index contributed by atoms with van der Waals surface area (Å²) in [6.07, 6.45) is 4.30. The van der Waals surface area contributed by atoms with E-state index in [1.807, 2.05) is 18.2 Å². The average Bonchev–Trinajstić information content (AvgIpc) is 2.84. The van der Waals surface area contributed by atoms with Crippen molar-refractivity contribution in [2.24, 2.45) is 5.92 Å². The second kappa shape index (κ2) is 8.41. The highest BCUT2D eigenvalue weighted by molar-refractivity contribution is 6.05. The molecule has 0 spiro atoms. The molecule has 7 heteroatoms. The molecule has 150 valence electrons. The first-order valence-corrected chi connectivity index (χ1v) is 10.3. The smallest absolute Gasteiger partial charge is 0.255 e. The van der Waals surface area contributed by atoms with Crippen LogP contribution in [0.5, 0.6) is 0 Å². The Balaban J connectivity index is 1.41. The van der Waals surface area contributed by atoms with Gasteiger partial charge in [0.15, 0.2) is 0 Å². The summed E-state index contributed by atoms with van der Waals surface area (Å²) in [5.41, 5.74) is 2.68. The molecule has 3 heterocycles. The number of amides is 3. The maximum Gasteiger partial charge on any atom is 0.255 e. The summed E-state index contributed by atoms with van der Waals surface area (Å²) >= 11 is 0. The van der Waals surface area contributed by atoms with Crippen molar-refractivity contribution < 1.29 is 14.4 Å². The Kier molecular flexibility index (Phi) is 5.73.